The van der Waals surface area contributed by atoms with Crippen molar-refractivity contribution in [3.63, 3.8) is 0 Å². The van der Waals surface area contributed by atoms with Gasteiger partial charge in [-0.3, -0.25) is 4.79 Å². The van der Waals surface area contributed by atoms with Crippen LogP contribution in [-0.4, -0.2) is 13.1 Å². The summed E-state index contributed by atoms with van der Waals surface area (Å²) in [5.41, 5.74) is 6.31. The van der Waals surface area contributed by atoms with Gasteiger partial charge in [-0.05, 0) is 30.4 Å². The number of thiophene rings is 1. The fourth-order valence-electron chi connectivity index (χ4n) is 1.67. The van der Waals surface area contributed by atoms with Gasteiger partial charge >= 0.3 is 5.97 Å². The van der Waals surface area contributed by atoms with Crippen molar-refractivity contribution in [3.05, 3.63) is 21.9 Å². The molecule has 0 spiro atoms. The molecule has 4 heteroatoms. The molecule has 0 aliphatic heterocycles. The third-order valence-electron chi connectivity index (χ3n) is 2.86. The number of nitrogens with two attached hydrogens (primary N) is 1. The maximum absolute atomic E-state index is 11.0. The van der Waals surface area contributed by atoms with E-state index < -0.39 is 0 Å². The average molecular weight is 269 g/mol. The Balaban J connectivity index is 2.49. The van der Waals surface area contributed by atoms with Gasteiger partial charge in [0.2, 0.25) is 0 Å². The summed E-state index contributed by atoms with van der Waals surface area (Å²) in [7, 11) is 1.41. The Morgan fingerprint density at radius 3 is 2.61 bits per heavy atom. The summed E-state index contributed by atoms with van der Waals surface area (Å²) in [5.74, 6) is -0.163. The molecule has 0 bridgehead atoms. The Morgan fingerprint density at radius 2 is 2.11 bits per heavy atom. The third-order valence-corrected chi connectivity index (χ3v) is 4.50. The molecule has 1 aromatic heterocycles. The van der Waals surface area contributed by atoms with Crippen LogP contribution in [0.4, 0.5) is 0 Å². The van der Waals surface area contributed by atoms with Crippen LogP contribution in [0.1, 0.15) is 55.8 Å². The van der Waals surface area contributed by atoms with Gasteiger partial charge in [0.05, 0.1) is 7.11 Å². The lowest BCUT2D eigenvalue weighted by atomic mass is 9.95. The van der Waals surface area contributed by atoms with E-state index in [0.717, 1.165) is 12.8 Å². The first kappa shape index (κ1) is 15.2. The van der Waals surface area contributed by atoms with Crippen LogP contribution in [0.15, 0.2) is 12.1 Å². The predicted molar refractivity (Wildman–Crippen MR) is 75.8 cm³/mol. The molecule has 0 saturated heterocycles. The summed E-state index contributed by atoms with van der Waals surface area (Å²) in [6, 6.07) is 4.28. The smallest absolute Gasteiger partial charge is 0.305 e. The summed E-state index contributed by atoms with van der Waals surface area (Å²) >= 11 is 1.77. The molecule has 1 unspecified atom stereocenters. The third kappa shape index (κ3) is 4.42. The van der Waals surface area contributed by atoms with Gasteiger partial charge < -0.3 is 10.5 Å². The maximum atomic E-state index is 11.0. The van der Waals surface area contributed by atoms with Gasteiger partial charge in [-0.2, -0.15) is 0 Å². The van der Waals surface area contributed by atoms with Crippen molar-refractivity contribution in [2.24, 2.45) is 5.73 Å². The average Bonchev–Trinajstić information content (AvgIpc) is 2.77. The molecule has 0 aliphatic carbocycles. The number of carbonyl (C=O) groups is 1. The SMILES string of the molecule is COC(=O)CCCC(N)c1ccc(C(C)(C)C)s1. The van der Waals surface area contributed by atoms with Crippen molar-refractivity contribution < 1.29 is 9.53 Å². The van der Waals surface area contributed by atoms with Crippen molar-refractivity contribution in [3.8, 4) is 0 Å². The highest BCUT2D eigenvalue weighted by Crippen LogP contribution is 2.32. The second kappa shape index (κ2) is 6.34. The van der Waals surface area contributed by atoms with Crippen molar-refractivity contribution in [2.45, 2.75) is 51.5 Å². The molecule has 102 valence electrons. The molecule has 0 amide bonds. The lowest BCUT2D eigenvalue weighted by molar-refractivity contribution is -0.140. The summed E-state index contributed by atoms with van der Waals surface area (Å²) < 4.78 is 4.61. The van der Waals surface area contributed by atoms with Gasteiger partial charge in [-0.25, -0.2) is 0 Å². The fraction of sp³-hybridized carbons (Fsp3) is 0.643. The highest BCUT2D eigenvalue weighted by atomic mass is 32.1. The van der Waals surface area contributed by atoms with Crippen LogP contribution in [0.2, 0.25) is 0 Å². The Morgan fingerprint density at radius 1 is 1.44 bits per heavy atom. The first-order valence-corrected chi connectivity index (χ1v) is 7.09. The number of hydrogen-bond donors (Lipinski definition) is 1. The number of hydrogen-bond acceptors (Lipinski definition) is 4. The van der Waals surface area contributed by atoms with Crippen LogP contribution in [0.3, 0.4) is 0 Å². The van der Waals surface area contributed by atoms with Gasteiger partial charge in [0.25, 0.3) is 0 Å². The molecule has 1 atom stereocenters. The zero-order chi connectivity index (χ0) is 13.8. The Labute approximate surface area is 113 Å². The highest BCUT2D eigenvalue weighted by molar-refractivity contribution is 7.12. The molecular formula is C14H23NO2S. The molecular weight excluding hydrogens is 246 g/mol. The largest absolute Gasteiger partial charge is 0.469 e. The minimum absolute atomic E-state index is 0.0238. The Kier molecular flexibility index (Phi) is 5.35. The summed E-state index contributed by atoms with van der Waals surface area (Å²) in [6.45, 7) is 6.60. The Hall–Kier alpha value is -0.870. The highest BCUT2D eigenvalue weighted by Gasteiger charge is 2.18. The van der Waals surface area contributed by atoms with E-state index in [1.807, 2.05) is 0 Å². The van der Waals surface area contributed by atoms with E-state index in [1.54, 1.807) is 11.3 Å². The lowest BCUT2D eigenvalue weighted by Crippen LogP contribution is -2.10. The van der Waals surface area contributed by atoms with Crippen molar-refractivity contribution in [2.75, 3.05) is 7.11 Å². The minimum atomic E-state index is -0.163. The van der Waals surface area contributed by atoms with Crippen molar-refractivity contribution in [1.82, 2.24) is 0 Å². The molecule has 1 rings (SSSR count). The normalized spacial score (nSPS) is 13.4. The molecule has 0 fully saturated rings. The zero-order valence-corrected chi connectivity index (χ0v) is 12.5. The van der Waals surface area contributed by atoms with E-state index in [-0.39, 0.29) is 17.4 Å². The maximum Gasteiger partial charge on any atom is 0.305 e. The van der Waals surface area contributed by atoms with Crippen LogP contribution in [0.25, 0.3) is 0 Å². The minimum Gasteiger partial charge on any atom is -0.469 e. The van der Waals surface area contributed by atoms with Gasteiger partial charge in [-0.15, -0.1) is 11.3 Å². The monoisotopic (exact) mass is 269 g/mol. The van der Waals surface area contributed by atoms with E-state index >= 15 is 0 Å². The van der Waals surface area contributed by atoms with Gasteiger partial charge in [0.15, 0.2) is 0 Å². The molecule has 18 heavy (non-hydrogen) atoms. The van der Waals surface area contributed by atoms with Crippen LogP contribution in [-0.2, 0) is 14.9 Å². The van der Waals surface area contributed by atoms with Crippen LogP contribution < -0.4 is 5.73 Å². The number of rotatable bonds is 5. The van der Waals surface area contributed by atoms with Crippen LogP contribution in [0.5, 0.6) is 0 Å². The fourth-order valence-corrected chi connectivity index (χ4v) is 2.77. The second-order valence-corrected chi connectivity index (χ2v) is 6.64. The standard InChI is InChI=1S/C14H23NO2S/c1-14(2,3)12-9-8-11(18-12)10(15)6-5-7-13(16)17-4/h8-10H,5-7,15H2,1-4H3. The van der Waals surface area contributed by atoms with E-state index in [9.17, 15) is 4.79 Å². The number of methoxy groups -OCH3 is 1. The molecule has 2 N–H and O–H groups in total. The summed E-state index contributed by atoms with van der Waals surface area (Å²) in [4.78, 5) is 13.6. The van der Waals surface area contributed by atoms with Gasteiger partial charge in [-0.1, -0.05) is 20.8 Å². The van der Waals surface area contributed by atoms with Crippen molar-refractivity contribution in [1.29, 1.82) is 0 Å². The number of carbonyl (C=O) groups excluding carboxylic acids is 1. The molecule has 0 aromatic carbocycles. The predicted octanol–water partition coefficient (Wildman–Crippen LogP) is 3.39. The van der Waals surface area contributed by atoms with Crippen LogP contribution in [0, 0.1) is 0 Å². The molecule has 0 saturated carbocycles. The molecule has 0 radical (unpaired) electrons. The number of ether oxygens (including phenoxy) is 1. The topological polar surface area (TPSA) is 52.3 Å². The van der Waals surface area contributed by atoms with E-state index in [1.165, 1.54) is 16.9 Å². The quantitative estimate of drug-likeness (QED) is 0.834. The number of esters is 1. The first-order chi connectivity index (χ1) is 8.34. The molecule has 1 aromatic rings. The lowest BCUT2D eigenvalue weighted by Gasteiger charge is -2.15. The van der Waals surface area contributed by atoms with Crippen LogP contribution >= 0.6 is 11.3 Å². The second-order valence-electron chi connectivity index (χ2n) is 5.53. The molecule has 3 nitrogen and oxygen atoms in total. The van der Waals surface area contributed by atoms with E-state index in [4.69, 9.17) is 5.73 Å². The van der Waals surface area contributed by atoms with Gasteiger partial charge in [0.1, 0.15) is 0 Å². The molecule has 1 heterocycles. The zero-order valence-electron chi connectivity index (χ0n) is 11.7. The Bertz CT molecular complexity index is 393. The van der Waals surface area contributed by atoms with E-state index in [0.29, 0.717) is 6.42 Å². The first-order valence-electron chi connectivity index (χ1n) is 6.27. The van der Waals surface area contributed by atoms with Crippen molar-refractivity contribution >= 4 is 17.3 Å². The van der Waals surface area contributed by atoms with E-state index in [2.05, 4.69) is 37.6 Å². The summed E-state index contributed by atoms with van der Waals surface area (Å²) in [6.07, 6.45) is 2.04. The summed E-state index contributed by atoms with van der Waals surface area (Å²) in [5, 5.41) is 0. The van der Waals surface area contributed by atoms with Gasteiger partial charge in [0, 0.05) is 22.2 Å². The molecule has 0 aliphatic rings.